The first-order valence-corrected chi connectivity index (χ1v) is 14.6. The van der Waals surface area contributed by atoms with Gasteiger partial charge in [-0.3, -0.25) is 4.79 Å². The molecule has 0 saturated heterocycles. The van der Waals surface area contributed by atoms with Crippen molar-refractivity contribution >= 4 is 59.4 Å². The number of hydrogen-bond donors (Lipinski definition) is 1. The lowest BCUT2D eigenvalue weighted by atomic mass is 10.1. The highest BCUT2D eigenvalue weighted by Gasteiger charge is 2.27. The fourth-order valence-corrected chi connectivity index (χ4v) is 6.36. The van der Waals surface area contributed by atoms with E-state index < -0.39 is 15.9 Å². The van der Waals surface area contributed by atoms with Crippen LogP contribution in [0.4, 0.5) is 5.69 Å². The standard InChI is InChI=1S/C30H28BrN3O3S/c1-3-34-28-7-5-4-6-26(28)27-18-24(14-17-29(27)34)32-30(35)20-33(19-22-10-8-21(2)9-11-22)38(36,37)25-15-12-23(31)13-16-25/h4-18H,3,19-20H2,1-2H3,(H,32,35). The molecule has 8 heteroatoms. The van der Waals surface area contributed by atoms with Crippen LogP contribution in [-0.2, 0) is 27.9 Å². The van der Waals surface area contributed by atoms with Gasteiger partial charge in [0, 0.05) is 45.1 Å². The van der Waals surface area contributed by atoms with Crippen LogP contribution >= 0.6 is 15.9 Å². The third-order valence-corrected chi connectivity index (χ3v) is 8.96. The predicted molar refractivity (Wildman–Crippen MR) is 157 cm³/mol. The number of carbonyl (C=O) groups excluding carboxylic acids is 1. The van der Waals surface area contributed by atoms with E-state index in [1.54, 1.807) is 12.1 Å². The lowest BCUT2D eigenvalue weighted by molar-refractivity contribution is -0.116. The molecule has 0 atom stereocenters. The van der Waals surface area contributed by atoms with Gasteiger partial charge in [-0.1, -0.05) is 64.0 Å². The van der Waals surface area contributed by atoms with Crippen molar-refractivity contribution in [2.45, 2.75) is 31.8 Å². The Labute approximate surface area is 231 Å². The molecular formula is C30H28BrN3O3S. The molecule has 0 aliphatic heterocycles. The molecular weight excluding hydrogens is 562 g/mol. The van der Waals surface area contributed by atoms with E-state index in [1.165, 1.54) is 16.4 Å². The molecule has 38 heavy (non-hydrogen) atoms. The molecule has 6 nitrogen and oxygen atoms in total. The highest BCUT2D eigenvalue weighted by Crippen LogP contribution is 2.31. The van der Waals surface area contributed by atoms with Gasteiger partial charge in [0.25, 0.3) is 0 Å². The third-order valence-electron chi connectivity index (χ3n) is 6.62. The van der Waals surface area contributed by atoms with Crippen molar-refractivity contribution in [1.29, 1.82) is 0 Å². The Balaban J connectivity index is 1.44. The molecule has 0 unspecified atom stereocenters. The van der Waals surface area contributed by atoms with Crippen molar-refractivity contribution in [2.24, 2.45) is 0 Å². The van der Waals surface area contributed by atoms with Gasteiger partial charge in [0.2, 0.25) is 15.9 Å². The molecule has 0 aliphatic rings. The molecule has 4 aromatic carbocycles. The minimum absolute atomic E-state index is 0.0785. The molecule has 194 valence electrons. The molecule has 5 rings (SSSR count). The molecule has 1 amide bonds. The van der Waals surface area contributed by atoms with Crippen molar-refractivity contribution in [2.75, 3.05) is 11.9 Å². The van der Waals surface area contributed by atoms with E-state index in [9.17, 15) is 13.2 Å². The minimum Gasteiger partial charge on any atom is -0.341 e. The van der Waals surface area contributed by atoms with Gasteiger partial charge in [0.05, 0.1) is 11.4 Å². The molecule has 0 radical (unpaired) electrons. The Morgan fingerprint density at radius 3 is 2.29 bits per heavy atom. The summed E-state index contributed by atoms with van der Waals surface area (Å²) in [5.74, 6) is -0.406. The number of halogens is 1. The average Bonchev–Trinajstić information content (AvgIpc) is 3.22. The van der Waals surface area contributed by atoms with Crippen LogP contribution in [0, 0.1) is 6.92 Å². The number of benzene rings is 4. The van der Waals surface area contributed by atoms with E-state index >= 15 is 0 Å². The van der Waals surface area contributed by atoms with Crippen LogP contribution in [-0.4, -0.2) is 29.7 Å². The lowest BCUT2D eigenvalue weighted by Gasteiger charge is -2.22. The molecule has 0 bridgehead atoms. The minimum atomic E-state index is -3.93. The zero-order valence-electron chi connectivity index (χ0n) is 21.2. The zero-order chi connectivity index (χ0) is 26.9. The number of nitrogens with zero attached hydrogens (tertiary/aromatic N) is 2. The van der Waals surface area contributed by atoms with Crippen LogP contribution in [0.5, 0.6) is 0 Å². The summed E-state index contributed by atoms with van der Waals surface area (Å²) in [7, 11) is -3.93. The van der Waals surface area contributed by atoms with E-state index in [-0.39, 0.29) is 18.0 Å². The number of hydrogen-bond acceptors (Lipinski definition) is 3. The summed E-state index contributed by atoms with van der Waals surface area (Å²) in [6.45, 7) is 4.67. The maximum Gasteiger partial charge on any atom is 0.243 e. The van der Waals surface area contributed by atoms with E-state index in [1.807, 2.05) is 61.5 Å². The fraction of sp³-hybridized carbons (Fsp3) is 0.167. The molecule has 5 aromatic rings. The SMILES string of the molecule is CCn1c2ccccc2c2cc(NC(=O)CN(Cc3ccc(C)cc3)S(=O)(=O)c3ccc(Br)cc3)ccc21. The predicted octanol–water partition coefficient (Wildman–Crippen LogP) is 6.71. The molecule has 1 aromatic heterocycles. The topological polar surface area (TPSA) is 71.4 Å². The Kier molecular flexibility index (Phi) is 7.38. The van der Waals surface area contributed by atoms with Crippen molar-refractivity contribution in [3.8, 4) is 0 Å². The largest absolute Gasteiger partial charge is 0.341 e. The lowest BCUT2D eigenvalue weighted by Crippen LogP contribution is -2.37. The summed E-state index contributed by atoms with van der Waals surface area (Å²) in [6, 6.07) is 28.1. The quantitative estimate of drug-likeness (QED) is 0.218. The molecule has 0 saturated carbocycles. The number of nitrogens with one attached hydrogen (secondary N) is 1. The van der Waals surface area contributed by atoms with Crippen molar-refractivity contribution < 1.29 is 13.2 Å². The summed E-state index contributed by atoms with van der Waals surface area (Å²) >= 11 is 3.35. The van der Waals surface area contributed by atoms with E-state index in [0.717, 1.165) is 44.0 Å². The van der Waals surface area contributed by atoms with Gasteiger partial charge in [-0.05, 0) is 67.9 Å². The number of amides is 1. The number of aryl methyl sites for hydroxylation is 2. The monoisotopic (exact) mass is 589 g/mol. The number of anilines is 1. The summed E-state index contributed by atoms with van der Waals surface area (Å²) < 4.78 is 31.4. The second kappa shape index (κ2) is 10.7. The van der Waals surface area contributed by atoms with E-state index in [4.69, 9.17) is 0 Å². The Hall–Kier alpha value is -3.46. The van der Waals surface area contributed by atoms with Gasteiger partial charge in [0.1, 0.15) is 0 Å². The van der Waals surface area contributed by atoms with Crippen molar-refractivity contribution in [1.82, 2.24) is 8.87 Å². The van der Waals surface area contributed by atoms with Crippen LogP contribution in [0.1, 0.15) is 18.1 Å². The Morgan fingerprint density at radius 2 is 1.58 bits per heavy atom. The Morgan fingerprint density at radius 1 is 0.895 bits per heavy atom. The molecule has 1 N–H and O–H groups in total. The Bertz CT molecular complexity index is 1730. The summed E-state index contributed by atoms with van der Waals surface area (Å²) in [5, 5.41) is 5.07. The number of carbonyl (C=O) groups is 1. The molecule has 0 aliphatic carbocycles. The fourth-order valence-electron chi connectivity index (χ4n) is 4.71. The number of sulfonamides is 1. The normalized spacial score (nSPS) is 11.9. The molecule has 1 heterocycles. The van der Waals surface area contributed by atoms with Crippen LogP contribution in [0.15, 0.2) is 100 Å². The van der Waals surface area contributed by atoms with E-state index in [2.05, 4.69) is 44.9 Å². The first-order valence-electron chi connectivity index (χ1n) is 12.4. The maximum atomic E-state index is 13.6. The number of rotatable bonds is 8. The van der Waals surface area contributed by atoms with Gasteiger partial charge in [-0.15, -0.1) is 0 Å². The van der Waals surface area contributed by atoms with Gasteiger partial charge >= 0.3 is 0 Å². The number of fused-ring (bicyclic) bond motifs is 3. The molecule has 0 spiro atoms. The van der Waals surface area contributed by atoms with Crippen LogP contribution in [0.25, 0.3) is 21.8 Å². The highest BCUT2D eigenvalue weighted by molar-refractivity contribution is 9.10. The first-order chi connectivity index (χ1) is 18.3. The van der Waals surface area contributed by atoms with Gasteiger partial charge < -0.3 is 9.88 Å². The second-order valence-corrected chi connectivity index (χ2v) is 12.1. The second-order valence-electron chi connectivity index (χ2n) is 9.25. The van der Waals surface area contributed by atoms with Crippen LogP contribution < -0.4 is 5.32 Å². The maximum absolute atomic E-state index is 13.6. The zero-order valence-corrected chi connectivity index (χ0v) is 23.6. The van der Waals surface area contributed by atoms with Crippen molar-refractivity contribution in [3.05, 3.63) is 107 Å². The summed E-state index contributed by atoms with van der Waals surface area (Å²) in [5.41, 5.74) is 4.73. The molecule has 0 fully saturated rings. The van der Waals surface area contributed by atoms with Crippen molar-refractivity contribution in [3.63, 3.8) is 0 Å². The number of para-hydroxylation sites is 1. The summed E-state index contributed by atoms with van der Waals surface area (Å²) in [6.07, 6.45) is 0. The highest BCUT2D eigenvalue weighted by atomic mass is 79.9. The van der Waals surface area contributed by atoms with Crippen LogP contribution in [0.3, 0.4) is 0 Å². The summed E-state index contributed by atoms with van der Waals surface area (Å²) in [4.78, 5) is 13.4. The van der Waals surface area contributed by atoms with Gasteiger partial charge in [0.15, 0.2) is 0 Å². The van der Waals surface area contributed by atoms with Gasteiger partial charge in [-0.25, -0.2) is 8.42 Å². The third kappa shape index (κ3) is 5.25. The smallest absolute Gasteiger partial charge is 0.243 e. The average molecular weight is 591 g/mol. The van der Waals surface area contributed by atoms with E-state index in [0.29, 0.717) is 5.69 Å². The van der Waals surface area contributed by atoms with Crippen LogP contribution in [0.2, 0.25) is 0 Å². The van der Waals surface area contributed by atoms with Gasteiger partial charge in [-0.2, -0.15) is 4.31 Å². The first kappa shape index (κ1) is 26.2. The number of aromatic nitrogens is 1.